The van der Waals surface area contributed by atoms with E-state index in [1.165, 1.54) is 36.2 Å². The number of carbonyl (C=O) groups is 6. The molecule has 47 heavy (non-hydrogen) atoms. The second-order valence-corrected chi connectivity index (χ2v) is 10.3. The molecular weight excluding hydrogens is 626 g/mol. The van der Waals surface area contributed by atoms with Crippen molar-refractivity contribution in [1.82, 2.24) is 9.97 Å². The van der Waals surface area contributed by atoms with Gasteiger partial charge in [-0.1, -0.05) is 0 Å². The predicted octanol–water partition coefficient (Wildman–Crippen LogP) is 0.569. The highest BCUT2D eigenvalue weighted by Crippen LogP contribution is 2.32. The van der Waals surface area contributed by atoms with E-state index in [4.69, 9.17) is 9.47 Å². The van der Waals surface area contributed by atoms with Crippen LogP contribution in [0.3, 0.4) is 0 Å². The van der Waals surface area contributed by atoms with Crippen LogP contribution in [-0.2, 0) is 49.4 Å². The highest BCUT2D eigenvalue weighted by molar-refractivity contribution is 5.99. The summed E-state index contributed by atoms with van der Waals surface area (Å²) in [5, 5.41) is 11.2. The standard InChI is InChI=1S/C15H17N3O8.C14H14N2O5/c1-3-25-13(20)8-26-10-4-5-11(16-14(10)18(22)23)17-7-9(6-12(17)19)15(21)24-2;1-20-14(19)8-4-13(18)16(6-8)12-3-2-11-10(15-12)5-9(17)7-21-11/h4-5,9H,3,6-8H2,1-2H3;2-3,8H,4-7H2,1H3. The third-order valence-electron chi connectivity index (χ3n) is 7.19. The van der Waals surface area contributed by atoms with Crippen LogP contribution in [0.15, 0.2) is 24.3 Å². The number of fused-ring (bicyclic) bond motifs is 1. The van der Waals surface area contributed by atoms with Crippen molar-refractivity contribution < 1.29 is 57.4 Å². The molecule has 5 heterocycles. The Labute approximate surface area is 267 Å². The van der Waals surface area contributed by atoms with Crippen molar-refractivity contribution in [2.24, 2.45) is 11.8 Å². The van der Waals surface area contributed by atoms with Gasteiger partial charge in [0.2, 0.25) is 17.6 Å². The van der Waals surface area contributed by atoms with E-state index >= 15 is 0 Å². The predicted molar refractivity (Wildman–Crippen MR) is 156 cm³/mol. The second kappa shape index (κ2) is 15.1. The van der Waals surface area contributed by atoms with Gasteiger partial charge in [-0.3, -0.25) is 33.8 Å². The van der Waals surface area contributed by atoms with Gasteiger partial charge < -0.3 is 33.8 Å². The average Bonchev–Trinajstić information content (AvgIpc) is 3.65. The van der Waals surface area contributed by atoms with Crippen LogP contribution >= 0.6 is 0 Å². The number of amides is 2. The number of nitrogens with zero attached hydrogens (tertiary/aromatic N) is 5. The summed E-state index contributed by atoms with van der Waals surface area (Å²) in [7, 11) is 2.52. The molecule has 2 fully saturated rings. The van der Waals surface area contributed by atoms with Gasteiger partial charge >= 0.3 is 23.7 Å². The maximum atomic E-state index is 12.1. The number of anilines is 2. The Morgan fingerprint density at radius 1 is 0.936 bits per heavy atom. The molecule has 250 valence electrons. The number of Topliss-reactive ketones (excluding diaryl/α,β-unsaturated/α-hetero) is 1. The third kappa shape index (κ3) is 8.13. The van der Waals surface area contributed by atoms with E-state index in [1.807, 2.05) is 0 Å². The molecule has 3 aliphatic rings. The van der Waals surface area contributed by atoms with Gasteiger partial charge in [-0.2, -0.15) is 0 Å². The molecule has 0 N–H and O–H groups in total. The largest absolute Gasteiger partial charge is 0.484 e. The smallest absolute Gasteiger partial charge is 0.408 e. The fourth-order valence-corrected chi connectivity index (χ4v) is 4.95. The van der Waals surface area contributed by atoms with E-state index in [2.05, 4.69) is 24.2 Å². The fourth-order valence-electron chi connectivity index (χ4n) is 4.95. The first-order chi connectivity index (χ1) is 22.4. The molecule has 2 aromatic heterocycles. The number of nitro groups is 1. The number of esters is 3. The molecule has 0 aromatic carbocycles. The number of hydrogen-bond donors (Lipinski definition) is 0. The molecule has 0 aliphatic carbocycles. The average molecular weight is 658 g/mol. The van der Waals surface area contributed by atoms with Crippen molar-refractivity contribution in [2.75, 3.05) is 56.9 Å². The molecule has 2 saturated heterocycles. The van der Waals surface area contributed by atoms with Crippen molar-refractivity contribution in [3.63, 3.8) is 0 Å². The van der Waals surface area contributed by atoms with E-state index in [-0.39, 0.29) is 68.8 Å². The van der Waals surface area contributed by atoms with Crippen LogP contribution < -0.4 is 19.3 Å². The van der Waals surface area contributed by atoms with Gasteiger partial charge in [-0.05, 0) is 35.0 Å². The van der Waals surface area contributed by atoms with Crippen LogP contribution in [0.25, 0.3) is 0 Å². The van der Waals surface area contributed by atoms with Gasteiger partial charge in [-0.15, -0.1) is 0 Å². The lowest BCUT2D eigenvalue weighted by Gasteiger charge is -2.20. The van der Waals surface area contributed by atoms with Crippen molar-refractivity contribution >= 4 is 53.0 Å². The minimum atomic E-state index is -0.789. The van der Waals surface area contributed by atoms with Gasteiger partial charge in [0.25, 0.3) is 5.82 Å². The first kappa shape index (κ1) is 34.2. The number of pyridine rings is 2. The molecule has 3 aliphatic heterocycles. The number of hydrogen-bond acceptors (Lipinski definition) is 15. The molecule has 0 radical (unpaired) electrons. The summed E-state index contributed by atoms with van der Waals surface area (Å²) in [5.41, 5.74) is 0.526. The van der Waals surface area contributed by atoms with Gasteiger partial charge in [0.05, 0.1) is 44.8 Å². The molecule has 0 saturated carbocycles. The molecule has 2 amide bonds. The summed E-state index contributed by atoms with van der Waals surface area (Å²) >= 11 is 0. The van der Waals surface area contributed by atoms with Gasteiger partial charge in [0, 0.05) is 32.0 Å². The van der Waals surface area contributed by atoms with E-state index in [9.17, 15) is 38.9 Å². The molecule has 0 spiro atoms. The molecular formula is C29H31N5O13. The first-order valence-electron chi connectivity index (χ1n) is 14.3. The topological polar surface area (TPSA) is 224 Å². The SMILES string of the molecule is CCOC(=O)COc1ccc(N2CC(C(=O)OC)CC2=O)nc1[N+](=O)[O-].COC(=O)C1CC(=O)N(c2ccc3c(n2)CC(=O)CO3)C1. The van der Waals surface area contributed by atoms with Crippen molar-refractivity contribution in [3.8, 4) is 11.5 Å². The van der Waals surface area contributed by atoms with Crippen molar-refractivity contribution in [3.05, 3.63) is 40.1 Å². The highest BCUT2D eigenvalue weighted by atomic mass is 16.6. The lowest BCUT2D eigenvalue weighted by Crippen LogP contribution is -2.28. The summed E-state index contributed by atoms with van der Waals surface area (Å²) in [6.07, 6.45) is 0.246. The van der Waals surface area contributed by atoms with Crippen LogP contribution in [0.2, 0.25) is 0 Å². The quantitative estimate of drug-likeness (QED) is 0.156. The maximum Gasteiger partial charge on any atom is 0.408 e. The van der Waals surface area contributed by atoms with Gasteiger partial charge in [0.1, 0.15) is 18.2 Å². The lowest BCUT2D eigenvalue weighted by atomic mass is 10.1. The van der Waals surface area contributed by atoms with Crippen LogP contribution in [0.1, 0.15) is 25.5 Å². The van der Waals surface area contributed by atoms with Crippen molar-refractivity contribution in [1.29, 1.82) is 0 Å². The summed E-state index contributed by atoms with van der Waals surface area (Å²) in [5.74, 6) is -3.26. The van der Waals surface area contributed by atoms with Gasteiger partial charge in [0.15, 0.2) is 12.4 Å². The van der Waals surface area contributed by atoms with Crippen LogP contribution in [0.4, 0.5) is 17.5 Å². The van der Waals surface area contributed by atoms with E-state index < -0.39 is 53.0 Å². The summed E-state index contributed by atoms with van der Waals surface area (Å²) in [6.45, 7) is 1.57. The summed E-state index contributed by atoms with van der Waals surface area (Å²) in [6, 6.07) is 5.93. The van der Waals surface area contributed by atoms with E-state index in [0.717, 1.165) is 0 Å². The Morgan fingerprint density at radius 3 is 2.06 bits per heavy atom. The van der Waals surface area contributed by atoms with Gasteiger partial charge in [-0.25, -0.2) is 9.78 Å². The molecule has 0 bridgehead atoms. The summed E-state index contributed by atoms with van der Waals surface area (Å²) < 4.78 is 24.3. The minimum Gasteiger partial charge on any atom is -0.484 e. The number of ketones is 1. The molecule has 2 aromatic rings. The molecule has 18 heteroatoms. The van der Waals surface area contributed by atoms with E-state index in [0.29, 0.717) is 17.3 Å². The Bertz CT molecular complexity index is 1600. The number of carbonyl (C=O) groups excluding carboxylic acids is 6. The molecule has 5 rings (SSSR count). The Kier molecular flexibility index (Phi) is 11.0. The zero-order chi connectivity index (χ0) is 34.2. The third-order valence-corrected chi connectivity index (χ3v) is 7.19. The zero-order valence-electron chi connectivity index (χ0n) is 25.7. The molecule has 2 atom stereocenters. The van der Waals surface area contributed by atoms with E-state index in [1.54, 1.807) is 19.1 Å². The Hall–Kier alpha value is -5.68. The maximum absolute atomic E-state index is 12.1. The Morgan fingerprint density at radius 2 is 1.51 bits per heavy atom. The van der Waals surface area contributed by atoms with Crippen LogP contribution in [0, 0.1) is 22.0 Å². The van der Waals surface area contributed by atoms with Crippen LogP contribution in [0.5, 0.6) is 11.5 Å². The Balaban J connectivity index is 0.000000217. The fraction of sp³-hybridized carbons (Fsp3) is 0.448. The number of rotatable bonds is 9. The minimum absolute atomic E-state index is 0.0107. The highest BCUT2D eigenvalue weighted by Gasteiger charge is 2.39. The summed E-state index contributed by atoms with van der Waals surface area (Å²) in [4.78, 5) is 91.1. The lowest BCUT2D eigenvalue weighted by molar-refractivity contribution is -0.390. The zero-order valence-corrected chi connectivity index (χ0v) is 25.7. The second-order valence-electron chi connectivity index (χ2n) is 10.3. The molecule has 2 unspecified atom stereocenters. The number of methoxy groups -OCH3 is 2. The van der Waals surface area contributed by atoms with Crippen molar-refractivity contribution in [2.45, 2.75) is 26.2 Å². The molecule has 18 nitrogen and oxygen atoms in total. The normalized spacial score (nSPS) is 18.4. The monoisotopic (exact) mass is 657 g/mol. The number of ether oxygens (including phenoxy) is 5. The first-order valence-corrected chi connectivity index (χ1v) is 14.3. The number of aromatic nitrogens is 2. The van der Waals surface area contributed by atoms with Crippen LogP contribution in [-0.4, -0.2) is 97.5 Å².